The molecule has 0 spiro atoms. The number of nitrogens with two attached hydrogens (primary N) is 1. The van der Waals surface area contributed by atoms with E-state index in [1.807, 2.05) is 0 Å². The van der Waals surface area contributed by atoms with E-state index in [-0.39, 0.29) is 12.4 Å². The molecule has 0 heterocycles. The number of hydrogen-bond acceptors (Lipinski definition) is 2. The maximum absolute atomic E-state index is 13.1. The van der Waals surface area contributed by atoms with Crippen LogP contribution in [-0.4, -0.2) is 0 Å². The third-order valence-corrected chi connectivity index (χ3v) is 3.47. The highest BCUT2D eigenvalue weighted by Crippen LogP contribution is 2.31. The summed E-state index contributed by atoms with van der Waals surface area (Å²) >= 11 is 1.22. The van der Waals surface area contributed by atoms with Gasteiger partial charge in [-0.05, 0) is 42.0 Å². The average molecular weight is 269 g/mol. The molecule has 2 rings (SSSR count). The second kappa shape index (κ2) is 5.46. The zero-order valence-electron chi connectivity index (χ0n) is 9.29. The number of rotatable bonds is 3. The quantitative estimate of drug-likeness (QED) is 0.919. The maximum Gasteiger partial charge on any atom is 0.159 e. The van der Waals surface area contributed by atoms with E-state index >= 15 is 0 Å². The predicted octanol–water partition coefficient (Wildman–Crippen LogP) is 3.71. The van der Waals surface area contributed by atoms with Crippen molar-refractivity contribution in [2.45, 2.75) is 16.3 Å². The summed E-state index contributed by atoms with van der Waals surface area (Å²) in [5, 5.41) is 0. The summed E-state index contributed by atoms with van der Waals surface area (Å²) in [5.41, 5.74) is 6.14. The molecule has 0 unspecified atom stereocenters. The van der Waals surface area contributed by atoms with Crippen molar-refractivity contribution in [3.05, 3.63) is 59.4 Å². The topological polar surface area (TPSA) is 26.0 Å². The molecular formula is C13H10F3NS. The summed E-state index contributed by atoms with van der Waals surface area (Å²) in [6, 6.07) is 7.84. The molecule has 0 aromatic heterocycles. The molecular weight excluding hydrogens is 259 g/mol. The van der Waals surface area contributed by atoms with Crippen molar-refractivity contribution in [3.8, 4) is 0 Å². The Morgan fingerprint density at radius 1 is 0.944 bits per heavy atom. The van der Waals surface area contributed by atoms with Gasteiger partial charge in [-0.15, -0.1) is 0 Å². The highest BCUT2D eigenvalue weighted by Gasteiger charge is 2.07. The first-order valence-electron chi connectivity index (χ1n) is 5.21. The molecule has 18 heavy (non-hydrogen) atoms. The predicted molar refractivity (Wildman–Crippen MR) is 64.8 cm³/mol. The van der Waals surface area contributed by atoms with Crippen LogP contribution < -0.4 is 5.73 Å². The fraction of sp³-hybridized carbons (Fsp3) is 0.0769. The van der Waals surface area contributed by atoms with Gasteiger partial charge in [0, 0.05) is 16.3 Å². The molecule has 2 aromatic rings. The molecule has 94 valence electrons. The fourth-order valence-corrected chi connectivity index (χ4v) is 2.44. The smallest absolute Gasteiger partial charge is 0.159 e. The van der Waals surface area contributed by atoms with Gasteiger partial charge in [0.2, 0.25) is 0 Å². The largest absolute Gasteiger partial charge is 0.326 e. The normalized spacial score (nSPS) is 10.7. The lowest BCUT2D eigenvalue weighted by Crippen LogP contribution is -1.99. The molecule has 1 nitrogen and oxygen atoms in total. The van der Waals surface area contributed by atoms with Gasteiger partial charge < -0.3 is 5.73 Å². The number of hydrogen-bond donors (Lipinski definition) is 1. The van der Waals surface area contributed by atoms with Crippen molar-refractivity contribution in [1.82, 2.24) is 0 Å². The summed E-state index contributed by atoms with van der Waals surface area (Å²) in [7, 11) is 0. The lowest BCUT2D eigenvalue weighted by Gasteiger charge is -2.07. The van der Waals surface area contributed by atoms with Crippen LogP contribution in [0, 0.1) is 17.5 Å². The minimum Gasteiger partial charge on any atom is -0.326 e. The Balaban J connectivity index is 2.30. The van der Waals surface area contributed by atoms with Gasteiger partial charge in [-0.3, -0.25) is 0 Å². The van der Waals surface area contributed by atoms with Crippen LogP contribution in [0.3, 0.4) is 0 Å². The highest BCUT2D eigenvalue weighted by molar-refractivity contribution is 7.99. The Morgan fingerprint density at radius 2 is 1.72 bits per heavy atom. The van der Waals surface area contributed by atoms with Crippen molar-refractivity contribution in [1.29, 1.82) is 0 Å². The minimum absolute atomic E-state index is 0.184. The van der Waals surface area contributed by atoms with Gasteiger partial charge >= 0.3 is 0 Å². The van der Waals surface area contributed by atoms with Crippen molar-refractivity contribution in [2.75, 3.05) is 0 Å². The van der Waals surface area contributed by atoms with Crippen LogP contribution in [0.1, 0.15) is 5.56 Å². The van der Waals surface area contributed by atoms with E-state index in [2.05, 4.69) is 0 Å². The molecule has 0 radical (unpaired) electrons. The molecule has 0 fully saturated rings. The Kier molecular flexibility index (Phi) is 3.93. The van der Waals surface area contributed by atoms with E-state index in [1.165, 1.54) is 30.0 Å². The van der Waals surface area contributed by atoms with Crippen molar-refractivity contribution in [3.63, 3.8) is 0 Å². The Bertz CT molecular complexity index is 572. The standard InChI is InChI=1S/C13H10F3NS/c14-9-1-4-13(8(5-9)7-17)18-10-2-3-11(15)12(16)6-10/h1-6H,7,17H2. The Hall–Kier alpha value is -1.46. The highest BCUT2D eigenvalue weighted by atomic mass is 32.2. The summed E-state index contributed by atoms with van der Waals surface area (Å²) in [6.07, 6.45) is 0. The monoisotopic (exact) mass is 269 g/mol. The third-order valence-electron chi connectivity index (χ3n) is 2.36. The first-order valence-corrected chi connectivity index (χ1v) is 6.03. The SMILES string of the molecule is NCc1cc(F)ccc1Sc1ccc(F)c(F)c1. The second-order valence-electron chi connectivity index (χ2n) is 3.63. The average Bonchev–Trinajstić information content (AvgIpc) is 2.36. The maximum atomic E-state index is 13.1. The zero-order valence-corrected chi connectivity index (χ0v) is 10.1. The molecule has 0 atom stereocenters. The fourth-order valence-electron chi connectivity index (χ4n) is 1.47. The first-order chi connectivity index (χ1) is 8.60. The zero-order chi connectivity index (χ0) is 13.1. The lowest BCUT2D eigenvalue weighted by molar-refractivity contribution is 0.506. The molecule has 0 saturated heterocycles. The molecule has 0 aliphatic heterocycles. The van der Waals surface area contributed by atoms with Crippen molar-refractivity contribution in [2.24, 2.45) is 5.73 Å². The van der Waals surface area contributed by atoms with Crippen LogP contribution in [0.5, 0.6) is 0 Å². The van der Waals surface area contributed by atoms with Gasteiger partial charge in [0.05, 0.1) is 0 Å². The third kappa shape index (κ3) is 2.86. The van der Waals surface area contributed by atoms with E-state index < -0.39 is 11.6 Å². The lowest BCUT2D eigenvalue weighted by atomic mass is 10.2. The molecule has 0 aliphatic rings. The second-order valence-corrected chi connectivity index (χ2v) is 4.75. The number of benzene rings is 2. The van der Waals surface area contributed by atoms with E-state index in [9.17, 15) is 13.2 Å². The summed E-state index contributed by atoms with van der Waals surface area (Å²) < 4.78 is 38.9. The van der Waals surface area contributed by atoms with Crippen LogP contribution in [0.4, 0.5) is 13.2 Å². The molecule has 0 saturated carbocycles. The summed E-state index contributed by atoms with van der Waals surface area (Å²) in [6.45, 7) is 0.184. The molecule has 5 heteroatoms. The summed E-state index contributed by atoms with van der Waals surface area (Å²) in [4.78, 5) is 1.26. The Morgan fingerprint density at radius 3 is 2.39 bits per heavy atom. The van der Waals surface area contributed by atoms with Crippen LogP contribution in [-0.2, 0) is 6.54 Å². The first kappa shape index (κ1) is 13.0. The van der Waals surface area contributed by atoms with Gasteiger partial charge in [-0.2, -0.15) is 0 Å². The van der Waals surface area contributed by atoms with E-state index in [0.29, 0.717) is 10.5 Å². The van der Waals surface area contributed by atoms with Gasteiger partial charge in [0.1, 0.15) is 5.82 Å². The molecule has 0 aliphatic carbocycles. The van der Waals surface area contributed by atoms with E-state index in [0.717, 1.165) is 17.0 Å². The Labute approximate surface area is 107 Å². The van der Waals surface area contributed by atoms with Crippen LogP contribution in [0.15, 0.2) is 46.2 Å². The summed E-state index contributed by atoms with van der Waals surface area (Å²) in [5.74, 6) is -2.17. The minimum atomic E-state index is -0.906. The molecule has 2 aromatic carbocycles. The van der Waals surface area contributed by atoms with Gasteiger partial charge in [0.15, 0.2) is 11.6 Å². The van der Waals surface area contributed by atoms with E-state index in [1.54, 1.807) is 6.07 Å². The van der Waals surface area contributed by atoms with E-state index in [4.69, 9.17) is 5.73 Å². The molecule has 0 bridgehead atoms. The van der Waals surface area contributed by atoms with Gasteiger partial charge in [0.25, 0.3) is 0 Å². The number of halogens is 3. The molecule has 0 amide bonds. The van der Waals surface area contributed by atoms with Crippen molar-refractivity contribution < 1.29 is 13.2 Å². The molecule has 2 N–H and O–H groups in total. The van der Waals surface area contributed by atoms with Crippen LogP contribution in [0.25, 0.3) is 0 Å². The van der Waals surface area contributed by atoms with Gasteiger partial charge in [-0.1, -0.05) is 11.8 Å². The van der Waals surface area contributed by atoms with Crippen LogP contribution >= 0.6 is 11.8 Å². The van der Waals surface area contributed by atoms with Crippen molar-refractivity contribution >= 4 is 11.8 Å². The van der Waals surface area contributed by atoms with Crippen LogP contribution in [0.2, 0.25) is 0 Å². The van der Waals surface area contributed by atoms with Gasteiger partial charge in [-0.25, -0.2) is 13.2 Å².